The molecular weight excluding hydrogens is 374 g/mol. The zero-order valence-corrected chi connectivity index (χ0v) is 16.3. The van der Waals surface area contributed by atoms with Crippen LogP contribution in [0.3, 0.4) is 0 Å². The van der Waals surface area contributed by atoms with E-state index in [0.717, 1.165) is 5.56 Å². The lowest BCUT2D eigenvalue weighted by molar-refractivity contribution is -0.535. The lowest BCUT2D eigenvalue weighted by Crippen LogP contribution is -2.47. The highest BCUT2D eigenvalue weighted by atomic mass is 16.6. The number of pyridine rings is 1. The summed E-state index contributed by atoms with van der Waals surface area (Å²) in [4.78, 5) is 27.7. The second kappa shape index (κ2) is 9.11. The number of carboxylic acid groups (broad SMARTS) is 1. The number of nitro groups is 1. The fourth-order valence-electron chi connectivity index (χ4n) is 4.07. The van der Waals surface area contributed by atoms with E-state index in [2.05, 4.69) is 10.3 Å². The van der Waals surface area contributed by atoms with Crippen LogP contribution >= 0.6 is 0 Å². The van der Waals surface area contributed by atoms with Gasteiger partial charge in [0.1, 0.15) is 12.1 Å². The topological polar surface area (TPSA) is 115 Å². The number of carbonyl (C=O) groups is 1. The normalized spacial score (nSPS) is 25.1. The monoisotopic (exact) mass is 399 g/mol. The van der Waals surface area contributed by atoms with Gasteiger partial charge in [0.15, 0.2) is 0 Å². The molecular formula is C21H25N3O5. The summed E-state index contributed by atoms with van der Waals surface area (Å²) in [6.07, 6.45) is 2.50. The highest BCUT2D eigenvalue weighted by Crippen LogP contribution is 2.39. The SMILES string of the molecule is CC(C)[C@H](OCc1ccccc1)C1C([N+](=O)[O-])[C@H](c2cccnc2)N[C@@H]1C(=O)O. The number of aromatic nitrogens is 1. The van der Waals surface area contributed by atoms with E-state index in [4.69, 9.17) is 4.74 Å². The summed E-state index contributed by atoms with van der Waals surface area (Å²) in [6.45, 7) is 4.04. The molecule has 0 amide bonds. The van der Waals surface area contributed by atoms with Gasteiger partial charge in [0.05, 0.1) is 18.6 Å². The lowest BCUT2D eigenvalue weighted by Gasteiger charge is -2.30. The van der Waals surface area contributed by atoms with Crippen LogP contribution in [0.4, 0.5) is 0 Å². The van der Waals surface area contributed by atoms with Crippen molar-refractivity contribution in [2.24, 2.45) is 11.8 Å². The first kappa shape index (κ1) is 20.9. The Bertz CT molecular complexity index is 831. The van der Waals surface area contributed by atoms with Gasteiger partial charge in [0.25, 0.3) is 0 Å². The summed E-state index contributed by atoms with van der Waals surface area (Å²) < 4.78 is 6.10. The Morgan fingerprint density at radius 3 is 2.55 bits per heavy atom. The van der Waals surface area contributed by atoms with Crippen molar-refractivity contribution in [3.8, 4) is 0 Å². The van der Waals surface area contributed by atoms with E-state index in [1.165, 1.54) is 6.20 Å². The van der Waals surface area contributed by atoms with Gasteiger partial charge in [-0.2, -0.15) is 0 Å². The molecule has 0 spiro atoms. The number of rotatable bonds is 8. The molecule has 3 rings (SSSR count). The number of nitrogens with one attached hydrogen (secondary N) is 1. The maximum Gasteiger partial charge on any atom is 0.321 e. The fraction of sp³-hybridized carbons (Fsp3) is 0.429. The number of hydrogen-bond donors (Lipinski definition) is 2. The summed E-state index contributed by atoms with van der Waals surface area (Å²) >= 11 is 0. The van der Waals surface area contributed by atoms with E-state index >= 15 is 0 Å². The number of aliphatic carboxylic acids is 1. The summed E-state index contributed by atoms with van der Waals surface area (Å²) in [7, 11) is 0. The van der Waals surface area contributed by atoms with E-state index in [1.807, 2.05) is 44.2 Å². The number of ether oxygens (including phenoxy) is 1. The van der Waals surface area contributed by atoms with Gasteiger partial charge in [0.2, 0.25) is 6.04 Å². The standard InChI is InChI=1S/C21H25N3O5/c1-13(2)20(29-12-14-7-4-3-5-8-14)16-18(21(25)26)23-17(19(16)24(27)28)15-9-6-10-22-11-15/h3-11,13,16-20,23H,12H2,1-2H3,(H,25,26)/t16?,17-,18-,19?,20-/m0/s1. The van der Waals surface area contributed by atoms with Gasteiger partial charge in [-0.15, -0.1) is 0 Å². The molecule has 29 heavy (non-hydrogen) atoms. The summed E-state index contributed by atoms with van der Waals surface area (Å²) in [5, 5.41) is 24.8. The second-order valence-corrected chi connectivity index (χ2v) is 7.61. The minimum atomic E-state index is -1.15. The van der Waals surface area contributed by atoms with Crippen LogP contribution in [0.25, 0.3) is 0 Å². The van der Waals surface area contributed by atoms with Crippen molar-refractivity contribution in [1.29, 1.82) is 0 Å². The van der Waals surface area contributed by atoms with Gasteiger partial charge in [-0.25, -0.2) is 0 Å². The summed E-state index contributed by atoms with van der Waals surface area (Å²) in [5.74, 6) is -2.07. The molecule has 2 heterocycles. The molecule has 8 heteroatoms. The molecule has 2 unspecified atom stereocenters. The Balaban J connectivity index is 1.94. The minimum absolute atomic E-state index is 0.109. The van der Waals surface area contributed by atoms with Gasteiger partial charge in [-0.1, -0.05) is 50.2 Å². The minimum Gasteiger partial charge on any atom is -0.480 e. The van der Waals surface area contributed by atoms with E-state index in [-0.39, 0.29) is 17.4 Å². The number of carboxylic acids is 1. The van der Waals surface area contributed by atoms with Crippen molar-refractivity contribution in [1.82, 2.24) is 10.3 Å². The molecule has 2 N–H and O–H groups in total. The molecule has 0 saturated carbocycles. The van der Waals surface area contributed by atoms with Crippen LogP contribution in [0.2, 0.25) is 0 Å². The molecule has 0 radical (unpaired) electrons. The maximum absolute atomic E-state index is 12.1. The smallest absolute Gasteiger partial charge is 0.321 e. The molecule has 8 nitrogen and oxygen atoms in total. The highest BCUT2D eigenvalue weighted by molar-refractivity contribution is 5.75. The maximum atomic E-state index is 12.1. The third-order valence-electron chi connectivity index (χ3n) is 5.35. The lowest BCUT2D eigenvalue weighted by atomic mass is 9.82. The second-order valence-electron chi connectivity index (χ2n) is 7.61. The van der Waals surface area contributed by atoms with Gasteiger partial charge < -0.3 is 9.84 Å². The zero-order valence-electron chi connectivity index (χ0n) is 16.3. The zero-order chi connectivity index (χ0) is 21.0. The Morgan fingerprint density at radius 1 is 1.28 bits per heavy atom. The molecule has 0 bridgehead atoms. The number of benzene rings is 1. The largest absolute Gasteiger partial charge is 0.480 e. The first-order valence-corrected chi connectivity index (χ1v) is 9.58. The molecule has 1 aliphatic rings. The molecule has 5 atom stereocenters. The average Bonchev–Trinajstić information content (AvgIpc) is 3.10. The van der Waals surface area contributed by atoms with Crippen LogP contribution in [-0.4, -0.2) is 39.2 Å². The fourth-order valence-corrected chi connectivity index (χ4v) is 4.07. The predicted molar refractivity (Wildman–Crippen MR) is 106 cm³/mol. The predicted octanol–water partition coefficient (Wildman–Crippen LogP) is 2.68. The van der Waals surface area contributed by atoms with Crippen LogP contribution in [0.5, 0.6) is 0 Å². The Kier molecular flexibility index (Phi) is 6.56. The molecule has 1 aromatic heterocycles. The van der Waals surface area contributed by atoms with Gasteiger partial charge in [-0.3, -0.25) is 25.2 Å². The molecule has 1 fully saturated rings. The first-order valence-electron chi connectivity index (χ1n) is 9.58. The first-order chi connectivity index (χ1) is 13.9. The van der Waals surface area contributed by atoms with Crippen LogP contribution in [0, 0.1) is 22.0 Å². The van der Waals surface area contributed by atoms with Gasteiger partial charge in [-0.05, 0) is 23.1 Å². The van der Waals surface area contributed by atoms with Crippen LogP contribution in [0.15, 0.2) is 54.9 Å². The summed E-state index contributed by atoms with van der Waals surface area (Å²) in [5.41, 5.74) is 1.52. The molecule has 0 aliphatic carbocycles. The molecule has 2 aromatic rings. The summed E-state index contributed by atoms with van der Waals surface area (Å²) in [6, 6.07) is 9.88. The van der Waals surface area contributed by atoms with Gasteiger partial charge >= 0.3 is 5.97 Å². The van der Waals surface area contributed by atoms with E-state index in [1.54, 1.807) is 18.3 Å². The van der Waals surface area contributed by atoms with Crippen molar-refractivity contribution >= 4 is 5.97 Å². The van der Waals surface area contributed by atoms with Crippen molar-refractivity contribution in [3.05, 3.63) is 76.1 Å². The third-order valence-corrected chi connectivity index (χ3v) is 5.35. The van der Waals surface area contributed by atoms with Crippen molar-refractivity contribution in [2.45, 2.75) is 44.7 Å². The Labute approximate surface area is 169 Å². The van der Waals surface area contributed by atoms with E-state index < -0.39 is 36.1 Å². The molecule has 1 aliphatic heterocycles. The molecule has 1 aromatic carbocycles. The van der Waals surface area contributed by atoms with Crippen molar-refractivity contribution < 1.29 is 19.6 Å². The van der Waals surface area contributed by atoms with E-state index in [0.29, 0.717) is 5.56 Å². The van der Waals surface area contributed by atoms with Crippen molar-refractivity contribution in [3.63, 3.8) is 0 Å². The highest BCUT2D eigenvalue weighted by Gasteiger charge is 2.57. The third kappa shape index (κ3) is 4.60. The molecule has 154 valence electrons. The van der Waals surface area contributed by atoms with Crippen LogP contribution < -0.4 is 5.32 Å². The Morgan fingerprint density at radius 2 is 2.00 bits per heavy atom. The quantitative estimate of drug-likeness (QED) is 0.518. The van der Waals surface area contributed by atoms with Crippen LogP contribution in [-0.2, 0) is 16.1 Å². The van der Waals surface area contributed by atoms with Crippen molar-refractivity contribution in [2.75, 3.05) is 0 Å². The van der Waals surface area contributed by atoms with E-state index in [9.17, 15) is 20.0 Å². The number of nitrogens with zero attached hydrogens (tertiary/aromatic N) is 2. The number of hydrogen-bond acceptors (Lipinski definition) is 6. The average molecular weight is 399 g/mol. The van der Waals surface area contributed by atoms with Crippen LogP contribution in [0.1, 0.15) is 31.0 Å². The van der Waals surface area contributed by atoms with Gasteiger partial charge in [0, 0.05) is 17.3 Å². The Hall–Kier alpha value is -2.84. The molecule has 1 saturated heterocycles.